The number of hydrogen-bond donors (Lipinski definition) is 3. The Hall–Kier alpha value is -2.46. The monoisotopic (exact) mass is 292 g/mol. The quantitative estimate of drug-likeness (QED) is 0.383. The van der Waals surface area contributed by atoms with Gasteiger partial charge >= 0.3 is 0 Å². The lowest BCUT2D eigenvalue weighted by atomic mass is 10.1. The molecule has 0 radical (unpaired) electrons. The summed E-state index contributed by atoms with van der Waals surface area (Å²) in [5.41, 5.74) is 15.1. The van der Waals surface area contributed by atoms with Gasteiger partial charge in [0, 0.05) is 4.91 Å². The Morgan fingerprint density at radius 2 is 2.29 bits per heavy atom. The lowest BCUT2D eigenvalue weighted by Crippen LogP contribution is -2.31. The van der Waals surface area contributed by atoms with Crippen molar-refractivity contribution in [2.75, 3.05) is 12.3 Å². The predicted octanol–water partition coefficient (Wildman–Crippen LogP) is -0.662. The van der Waals surface area contributed by atoms with E-state index in [1.54, 1.807) is 0 Å². The van der Waals surface area contributed by atoms with Crippen molar-refractivity contribution in [1.82, 2.24) is 19.5 Å². The lowest BCUT2D eigenvalue weighted by molar-refractivity contribution is -0.0437. The van der Waals surface area contributed by atoms with Crippen LogP contribution in [-0.4, -0.2) is 54.6 Å². The zero-order valence-electron chi connectivity index (χ0n) is 10.7. The van der Waals surface area contributed by atoms with E-state index in [0.717, 1.165) is 0 Å². The maximum Gasteiger partial charge on any atom is 0.167 e. The topological polar surface area (TPSA) is 168 Å². The summed E-state index contributed by atoms with van der Waals surface area (Å²) in [6.07, 6.45) is -0.151. The molecule has 0 spiro atoms. The van der Waals surface area contributed by atoms with E-state index in [4.69, 9.17) is 16.0 Å². The van der Waals surface area contributed by atoms with E-state index in [1.165, 1.54) is 17.2 Å². The average molecular weight is 292 g/mol. The highest BCUT2D eigenvalue weighted by Gasteiger charge is 2.44. The molecular weight excluding hydrogens is 280 g/mol. The number of fused-ring (bicyclic) bond motifs is 1. The van der Waals surface area contributed by atoms with Crippen LogP contribution in [0.4, 0.5) is 5.82 Å². The average Bonchev–Trinajstić information content (AvgIpc) is 3.03. The number of azide groups is 1. The van der Waals surface area contributed by atoms with Gasteiger partial charge in [-0.15, -0.1) is 0 Å². The first-order valence-electron chi connectivity index (χ1n) is 6.09. The van der Waals surface area contributed by atoms with Crippen LogP contribution >= 0.6 is 0 Å². The predicted molar refractivity (Wildman–Crippen MR) is 69.7 cm³/mol. The zero-order valence-corrected chi connectivity index (χ0v) is 10.7. The van der Waals surface area contributed by atoms with Gasteiger partial charge in [-0.05, 0) is 5.53 Å². The minimum atomic E-state index is -1.13. The largest absolute Gasteiger partial charge is 0.394 e. The Kier molecular flexibility index (Phi) is 3.31. The molecular formula is C10H12N8O3. The third-order valence-corrected chi connectivity index (χ3v) is 3.36. The standard InChI is InChI=1S/C10H12N8O3/c11-8-6-9(14-2-13-8)18(3-15-6)10-5(16-17-12)7(20)4(1-19)21-10/h2-5,7,10,19-20H,1H2,(H2,11,13,14)/t4-,5+,7-,10+/m0/s1. The van der Waals surface area contributed by atoms with Crippen LogP contribution < -0.4 is 5.73 Å². The molecule has 4 atom stereocenters. The van der Waals surface area contributed by atoms with Crippen molar-refractivity contribution in [1.29, 1.82) is 0 Å². The molecule has 0 amide bonds. The molecule has 0 aliphatic carbocycles. The van der Waals surface area contributed by atoms with Crippen molar-refractivity contribution in [3.63, 3.8) is 0 Å². The molecule has 2 aromatic heterocycles. The SMILES string of the molecule is [N-]=[N+]=N[C@@H]1[C@@H](O)[C@H](CO)O[C@H]1n1cnc2c(N)ncnc21. The second kappa shape index (κ2) is 5.14. The number of nitrogen functional groups attached to an aromatic ring is 1. The minimum absolute atomic E-state index is 0.205. The normalized spacial score (nSPS) is 28.7. The highest BCUT2D eigenvalue weighted by molar-refractivity contribution is 5.81. The molecule has 21 heavy (non-hydrogen) atoms. The Labute approximate surface area is 117 Å². The summed E-state index contributed by atoms with van der Waals surface area (Å²) in [6.45, 7) is -0.404. The number of aromatic nitrogens is 4. The van der Waals surface area contributed by atoms with Crippen LogP contribution in [0.25, 0.3) is 21.6 Å². The molecule has 110 valence electrons. The molecule has 2 aromatic rings. The van der Waals surface area contributed by atoms with Crippen LogP contribution in [0.5, 0.6) is 0 Å². The Morgan fingerprint density at radius 3 is 3.00 bits per heavy atom. The number of imidazole rings is 1. The molecule has 0 saturated carbocycles. The van der Waals surface area contributed by atoms with Gasteiger partial charge in [0.15, 0.2) is 11.5 Å². The molecule has 11 heteroatoms. The first-order valence-corrected chi connectivity index (χ1v) is 6.09. The number of ether oxygens (including phenoxy) is 1. The van der Waals surface area contributed by atoms with Gasteiger partial charge in [0.2, 0.25) is 0 Å². The van der Waals surface area contributed by atoms with Gasteiger partial charge in [0.1, 0.15) is 30.2 Å². The molecule has 1 saturated heterocycles. The van der Waals surface area contributed by atoms with Crippen LogP contribution in [-0.2, 0) is 4.74 Å². The van der Waals surface area contributed by atoms with E-state index in [-0.39, 0.29) is 5.82 Å². The number of nitrogens with two attached hydrogens (primary N) is 1. The second-order valence-electron chi connectivity index (χ2n) is 4.52. The van der Waals surface area contributed by atoms with Crippen LogP contribution in [0.15, 0.2) is 17.8 Å². The molecule has 1 aliphatic heterocycles. The summed E-state index contributed by atoms with van der Waals surface area (Å²) in [7, 11) is 0. The smallest absolute Gasteiger partial charge is 0.167 e. The summed E-state index contributed by atoms with van der Waals surface area (Å²) in [5, 5.41) is 22.8. The third kappa shape index (κ3) is 2.04. The van der Waals surface area contributed by atoms with Crippen molar-refractivity contribution < 1.29 is 14.9 Å². The summed E-state index contributed by atoms with van der Waals surface area (Å²) in [4.78, 5) is 14.7. The van der Waals surface area contributed by atoms with Gasteiger partial charge in [-0.2, -0.15) is 0 Å². The number of hydrogen-bond acceptors (Lipinski definition) is 8. The third-order valence-electron chi connectivity index (χ3n) is 3.36. The molecule has 0 bridgehead atoms. The summed E-state index contributed by atoms with van der Waals surface area (Å²) in [6, 6.07) is -0.916. The van der Waals surface area contributed by atoms with Gasteiger partial charge in [-0.25, -0.2) is 15.0 Å². The number of aliphatic hydroxyl groups excluding tert-OH is 2. The highest BCUT2D eigenvalue weighted by Crippen LogP contribution is 2.33. The number of aliphatic hydroxyl groups is 2. The molecule has 3 heterocycles. The number of nitrogens with zero attached hydrogens (tertiary/aromatic N) is 7. The van der Waals surface area contributed by atoms with Gasteiger partial charge in [0.25, 0.3) is 0 Å². The van der Waals surface area contributed by atoms with Crippen LogP contribution in [0.2, 0.25) is 0 Å². The fourth-order valence-corrected chi connectivity index (χ4v) is 2.35. The molecule has 4 N–H and O–H groups in total. The number of anilines is 1. The second-order valence-corrected chi connectivity index (χ2v) is 4.52. The van der Waals surface area contributed by atoms with E-state index < -0.39 is 31.1 Å². The molecule has 3 rings (SSSR count). The molecule has 0 aromatic carbocycles. The number of rotatable bonds is 3. The zero-order chi connectivity index (χ0) is 15.0. The maximum absolute atomic E-state index is 10.0. The van der Waals surface area contributed by atoms with Crippen LogP contribution in [0.3, 0.4) is 0 Å². The van der Waals surface area contributed by atoms with Gasteiger partial charge in [0.05, 0.1) is 19.0 Å². The van der Waals surface area contributed by atoms with Crippen LogP contribution in [0.1, 0.15) is 6.23 Å². The van der Waals surface area contributed by atoms with Crippen molar-refractivity contribution in [3.8, 4) is 0 Å². The minimum Gasteiger partial charge on any atom is -0.394 e. The first kappa shape index (κ1) is 13.5. The Bertz CT molecular complexity index is 711. The molecule has 0 unspecified atom stereocenters. The summed E-state index contributed by atoms with van der Waals surface area (Å²) < 4.78 is 7.03. The van der Waals surface area contributed by atoms with Gasteiger partial charge < -0.3 is 20.7 Å². The molecule has 1 aliphatic rings. The molecule has 1 fully saturated rings. The van der Waals surface area contributed by atoms with Crippen molar-refractivity contribution >= 4 is 17.0 Å². The van der Waals surface area contributed by atoms with Crippen LogP contribution in [0, 0.1) is 0 Å². The van der Waals surface area contributed by atoms with E-state index in [0.29, 0.717) is 11.2 Å². The summed E-state index contributed by atoms with van der Waals surface area (Å²) >= 11 is 0. The lowest BCUT2D eigenvalue weighted by Gasteiger charge is -2.16. The van der Waals surface area contributed by atoms with Crippen molar-refractivity contribution in [3.05, 3.63) is 23.1 Å². The highest BCUT2D eigenvalue weighted by atomic mass is 16.5. The van der Waals surface area contributed by atoms with Crippen molar-refractivity contribution in [2.24, 2.45) is 5.11 Å². The van der Waals surface area contributed by atoms with E-state index in [2.05, 4.69) is 25.0 Å². The van der Waals surface area contributed by atoms with E-state index >= 15 is 0 Å². The Morgan fingerprint density at radius 1 is 1.48 bits per heavy atom. The fourth-order valence-electron chi connectivity index (χ4n) is 2.35. The maximum atomic E-state index is 10.0. The van der Waals surface area contributed by atoms with Gasteiger partial charge in [-0.3, -0.25) is 4.57 Å². The molecule has 11 nitrogen and oxygen atoms in total. The van der Waals surface area contributed by atoms with Crippen molar-refractivity contribution in [2.45, 2.75) is 24.5 Å². The van der Waals surface area contributed by atoms with E-state index in [1.807, 2.05) is 0 Å². The fraction of sp³-hybridized carbons (Fsp3) is 0.500. The van der Waals surface area contributed by atoms with E-state index in [9.17, 15) is 10.2 Å². The van der Waals surface area contributed by atoms with Gasteiger partial charge in [-0.1, -0.05) is 5.11 Å². The summed E-state index contributed by atoms with van der Waals surface area (Å²) in [5.74, 6) is 0.205. The Balaban J connectivity index is 2.08. The first-order chi connectivity index (χ1) is 10.2.